The van der Waals surface area contributed by atoms with Crippen LogP contribution in [0, 0.1) is 0 Å². The van der Waals surface area contributed by atoms with Crippen LogP contribution < -0.4 is 0 Å². The molecule has 5 nitrogen and oxygen atoms in total. The van der Waals surface area contributed by atoms with Crippen LogP contribution in [-0.4, -0.2) is 19.9 Å². The zero-order valence-corrected chi connectivity index (χ0v) is 25.2. The number of aromatic nitrogens is 4. The molecular weight excluding hydrogens is 576 g/mol. The number of furan rings is 1. The maximum absolute atomic E-state index is 6.11. The van der Waals surface area contributed by atoms with E-state index in [1.807, 2.05) is 91.1 Å². The van der Waals surface area contributed by atoms with Gasteiger partial charge < -0.3 is 4.42 Å². The number of rotatable bonds is 5. The second kappa shape index (κ2) is 11.2. The lowest BCUT2D eigenvalue weighted by molar-refractivity contribution is 0.668. The van der Waals surface area contributed by atoms with E-state index in [-0.39, 0.29) is 0 Å². The Morgan fingerprint density at radius 3 is 1.57 bits per heavy atom. The topological polar surface area (TPSA) is 64.7 Å². The fourth-order valence-electron chi connectivity index (χ4n) is 6.37. The van der Waals surface area contributed by atoms with E-state index in [0.29, 0.717) is 17.5 Å². The minimum atomic E-state index is 0.641. The molecule has 0 atom stereocenters. The normalized spacial score (nSPS) is 11.4. The summed E-state index contributed by atoms with van der Waals surface area (Å²) in [6.07, 6.45) is 1.81. The molecule has 0 N–H and O–H groups in total. The first-order chi connectivity index (χ1) is 23.3. The molecule has 3 heterocycles. The molecule has 47 heavy (non-hydrogen) atoms. The third-order valence-corrected chi connectivity index (χ3v) is 8.62. The molecule has 0 aliphatic carbocycles. The minimum absolute atomic E-state index is 0.641. The standard InChI is InChI=1S/C42H26N4O/c1-3-11-29(12-4-1)40-44-41(30-13-5-2-6-14-30)46-42(45-40)34-24-23-31(32-15-7-8-16-33(32)34)27-19-21-28(22-20-27)39-38-35-17-9-10-18-36(35)47-37(38)25-26-43-39/h1-26H. The molecule has 3 aromatic heterocycles. The number of para-hydroxylation sites is 1. The van der Waals surface area contributed by atoms with Crippen molar-refractivity contribution in [3.8, 4) is 56.5 Å². The zero-order valence-electron chi connectivity index (χ0n) is 25.2. The number of hydrogen-bond donors (Lipinski definition) is 0. The van der Waals surface area contributed by atoms with Crippen molar-refractivity contribution in [1.29, 1.82) is 0 Å². The molecule has 220 valence electrons. The highest BCUT2D eigenvalue weighted by Crippen LogP contribution is 2.38. The van der Waals surface area contributed by atoms with Gasteiger partial charge in [-0.15, -0.1) is 0 Å². The Morgan fingerprint density at radius 1 is 0.362 bits per heavy atom. The summed E-state index contributed by atoms with van der Waals surface area (Å²) in [7, 11) is 0. The summed E-state index contributed by atoms with van der Waals surface area (Å²) in [4.78, 5) is 19.7. The van der Waals surface area contributed by atoms with E-state index in [1.165, 1.54) is 0 Å². The SMILES string of the molecule is c1ccc(-c2nc(-c3ccccc3)nc(-c3ccc(-c4ccc(-c5nccc6oc7ccccc7c56)cc4)c4ccccc34)n2)cc1. The number of pyridine rings is 1. The molecule has 0 aliphatic rings. The third-order valence-electron chi connectivity index (χ3n) is 8.62. The van der Waals surface area contributed by atoms with Crippen LogP contribution in [0.15, 0.2) is 162 Å². The molecule has 0 fully saturated rings. The van der Waals surface area contributed by atoms with Gasteiger partial charge >= 0.3 is 0 Å². The third kappa shape index (κ3) is 4.73. The molecule has 0 amide bonds. The van der Waals surface area contributed by atoms with E-state index < -0.39 is 0 Å². The van der Waals surface area contributed by atoms with Crippen molar-refractivity contribution in [1.82, 2.24) is 19.9 Å². The summed E-state index contributed by atoms with van der Waals surface area (Å²) in [5.74, 6) is 1.93. The van der Waals surface area contributed by atoms with Gasteiger partial charge in [0.25, 0.3) is 0 Å². The second-order valence-electron chi connectivity index (χ2n) is 11.5. The highest BCUT2D eigenvalue weighted by molar-refractivity contribution is 6.11. The van der Waals surface area contributed by atoms with Gasteiger partial charge in [0.15, 0.2) is 17.5 Å². The monoisotopic (exact) mass is 602 g/mol. The lowest BCUT2D eigenvalue weighted by Crippen LogP contribution is -2.00. The van der Waals surface area contributed by atoms with E-state index in [9.17, 15) is 0 Å². The van der Waals surface area contributed by atoms with Gasteiger partial charge in [0, 0.05) is 33.8 Å². The van der Waals surface area contributed by atoms with Crippen molar-refractivity contribution in [3.05, 3.63) is 158 Å². The van der Waals surface area contributed by atoms with Crippen molar-refractivity contribution in [2.24, 2.45) is 0 Å². The van der Waals surface area contributed by atoms with Crippen LogP contribution in [-0.2, 0) is 0 Å². The summed E-state index contributed by atoms with van der Waals surface area (Å²) < 4.78 is 6.11. The van der Waals surface area contributed by atoms with E-state index >= 15 is 0 Å². The summed E-state index contributed by atoms with van der Waals surface area (Å²) in [6, 6.07) is 51.6. The highest BCUT2D eigenvalue weighted by Gasteiger charge is 2.17. The maximum atomic E-state index is 6.11. The lowest BCUT2D eigenvalue weighted by atomic mass is 9.93. The predicted octanol–water partition coefficient (Wildman–Crippen LogP) is 10.7. The quantitative estimate of drug-likeness (QED) is 0.196. The average Bonchev–Trinajstić information content (AvgIpc) is 3.54. The largest absolute Gasteiger partial charge is 0.456 e. The Labute approximate surface area is 270 Å². The van der Waals surface area contributed by atoms with Gasteiger partial charge in [-0.2, -0.15) is 0 Å². The van der Waals surface area contributed by atoms with E-state index in [4.69, 9.17) is 24.4 Å². The smallest absolute Gasteiger partial charge is 0.164 e. The number of nitrogens with zero attached hydrogens (tertiary/aromatic N) is 4. The fourth-order valence-corrected chi connectivity index (χ4v) is 6.37. The molecule has 0 aliphatic heterocycles. The van der Waals surface area contributed by atoms with E-state index in [1.54, 1.807) is 0 Å². The molecule has 0 saturated heterocycles. The summed E-state index contributed by atoms with van der Waals surface area (Å²) >= 11 is 0. The molecule has 5 heteroatoms. The highest BCUT2D eigenvalue weighted by atomic mass is 16.3. The van der Waals surface area contributed by atoms with Crippen molar-refractivity contribution < 1.29 is 4.42 Å². The molecule has 0 bridgehead atoms. The van der Waals surface area contributed by atoms with Crippen LogP contribution in [0.3, 0.4) is 0 Å². The Bertz CT molecular complexity index is 2500. The van der Waals surface area contributed by atoms with Gasteiger partial charge in [-0.1, -0.05) is 133 Å². The summed E-state index contributed by atoms with van der Waals surface area (Å²) in [5, 5.41) is 4.31. The molecule has 0 unspecified atom stereocenters. The van der Waals surface area contributed by atoms with Gasteiger partial charge in [-0.3, -0.25) is 4.98 Å². The second-order valence-corrected chi connectivity index (χ2v) is 11.5. The number of fused-ring (bicyclic) bond motifs is 4. The maximum Gasteiger partial charge on any atom is 0.164 e. The van der Waals surface area contributed by atoms with Gasteiger partial charge in [0.05, 0.1) is 11.1 Å². The molecular formula is C42H26N4O. The molecule has 6 aromatic carbocycles. The van der Waals surface area contributed by atoms with Crippen LogP contribution in [0.2, 0.25) is 0 Å². The van der Waals surface area contributed by atoms with Crippen molar-refractivity contribution in [3.63, 3.8) is 0 Å². The van der Waals surface area contributed by atoms with Crippen molar-refractivity contribution in [2.45, 2.75) is 0 Å². The average molecular weight is 603 g/mol. The van der Waals surface area contributed by atoms with Crippen molar-refractivity contribution >= 4 is 32.7 Å². The molecule has 0 saturated carbocycles. The summed E-state index contributed by atoms with van der Waals surface area (Å²) in [6.45, 7) is 0. The molecule has 9 aromatic rings. The Kier molecular flexibility index (Phi) is 6.39. The molecule has 9 rings (SSSR count). The van der Waals surface area contributed by atoms with Crippen LogP contribution in [0.1, 0.15) is 0 Å². The van der Waals surface area contributed by atoms with Gasteiger partial charge in [-0.05, 0) is 40.1 Å². The number of benzene rings is 6. The van der Waals surface area contributed by atoms with Crippen LogP contribution in [0.4, 0.5) is 0 Å². The first-order valence-electron chi connectivity index (χ1n) is 15.6. The zero-order chi connectivity index (χ0) is 31.2. The van der Waals surface area contributed by atoms with Gasteiger partial charge in [0.2, 0.25) is 0 Å². The summed E-state index contributed by atoms with van der Waals surface area (Å²) in [5.41, 5.74) is 8.77. The van der Waals surface area contributed by atoms with Gasteiger partial charge in [0.1, 0.15) is 11.2 Å². The lowest BCUT2D eigenvalue weighted by Gasteiger charge is -2.13. The van der Waals surface area contributed by atoms with Crippen molar-refractivity contribution in [2.75, 3.05) is 0 Å². The minimum Gasteiger partial charge on any atom is -0.456 e. The first-order valence-corrected chi connectivity index (χ1v) is 15.6. The van der Waals surface area contributed by atoms with Crippen LogP contribution in [0.5, 0.6) is 0 Å². The Balaban J connectivity index is 1.16. The Morgan fingerprint density at radius 2 is 0.894 bits per heavy atom. The Hall–Kier alpha value is -6.46. The van der Waals surface area contributed by atoms with Crippen LogP contribution >= 0.6 is 0 Å². The number of hydrogen-bond acceptors (Lipinski definition) is 5. The molecule has 0 spiro atoms. The van der Waals surface area contributed by atoms with E-state index in [2.05, 4.69) is 66.7 Å². The van der Waals surface area contributed by atoms with E-state index in [0.717, 1.165) is 71.8 Å². The predicted molar refractivity (Wildman–Crippen MR) is 190 cm³/mol. The first kappa shape index (κ1) is 26.9. The fraction of sp³-hybridized carbons (Fsp3) is 0. The molecule has 0 radical (unpaired) electrons. The van der Waals surface area contributed by atoms with Gasteiger partial charge in [-0.25, -0.2) is 15.0 Å². The van der Waals surface area contributed by atoms with Crippen LogP contribution in [0.25, 0.3) is 89.3 Å².